The first-order chi connectivity index (χ1) is 15.8. The molecule has 0 spiro atoms. The minimum atomic E-state index is -1.07. The van der Waals surface area contributed by atoms with Crippen molar-refractivity contribution < 1.29 is 23.6 Å². The van der Waals surface area contributed by atoms with Gasteiger partial charge in [-0.15, -0.1) is 0 Å². The van der Waals surface area contributed by atoms with Gasteiger partial charge in [-0.2, -0.15) is 0 Å². The Morgan fingerprint density at radius 3 is 2.18 bits per heavy atom. The van der Waals surface area contributed by atoms with Crippen molar-refractivity contribution in [3.05, 3.63) is 58.9 Å². The molecule has 2 saturated heterocycles. The van der Waals surface area contributed by atoms with Crippen LogP contribution >= 0.6 is 0 Å². The number of nitrogens with one attached hydrogen (secondary N) is 1. The molecule has 4 amide bonds. The summed E-state index contributed by atoms with van der Waals surface area (Å²) in [6.45, 7) is 1.20. The quantitative estimate of drug-likeness (QED) is 0.548. The first kappa shape index (κ1) is 21.1. The number of benzene rings is 2. The van der Waals surface area contributed by atoms with Crippen LogP contribution in [0.2, 0.25) is 0 Å². The molecule has 3 aliphatic heterocycles. The second-order valence-corrected chi connectivity index (χ2v) is 8.72. The number of rotatable bonds is 3. The average molecular weight is 450 g/mol. The van der Waals surface area contributed by atoms with Gasteiger partial charge in [0.05, 0.1) is 16.8 Å². The third kappa shape index (κ3) is 3.63. The molecule has 2 aromatic rings. The van der Waals surface area contributed by atoms with Crippen LogP contribution in [0.4, 0.5) is 15.8 Å². The first-order valence-electron chi connectivity index (χ1n) is 11.0. The number of carbonyl (C=O) groups is 4. The van der Waals surface area contributed by atoms with E-state index in [0.29, 0.717) is 24.7 Å². The zero-order chi connectivity index (χ0) is 23.3. The number of nitrogen functional groups attached to an aromatic ring is 1. The lowest BCUT2D eigenvalue weighted by Gasteiger charge is -2.34. The van der Waals surface area contributed by atoms with Crippen molar-refractivity contribution in [1.29, 1.82) is 0 Å². The van der Waals surface area contributed by atoms with E-state index < -0.39 is 35.5 Å². The molecule has 33 heavy (non-hydrogen) atoms. The largest absolute Gasteiger partial charge is 0.399 e. The Kier molecular flexibility index (Phi) is 5.11. The fourth-order valence-electron chi connectivity index (χ4n) is 4.94. The van der Waals surface area contributed by atoms with Crippen LogP contribution in [0.3, 0.4) is 0 Å². The van der Waals surface area contributed by atoms with Crippen LogP contribution in [0.5, 0.6) is 0 Å². The van der Waals surface area contributed by atoms with Gasteiger partial charge in [0.15, 0.2) is 0 Å². The molecule has 3 aliphatic rings. The maximum atomic E-state index is 15.0. The number of imide groups is 2. The Morgan fingerprint density at radius 1 is 0.909 bits per heavy atom. The molecule has 1 unspecified atom stereocenters. The summed E-state index contributed by atoms with van der Waals surface area (Å²) in [5.41, 5.74) is 7.98. The zero-order valence-electron chi connectivity index (χ0n) is 17.8. The highest BCUT2D eigenvalue weighted by Gasteiger charge is 2.45. The standard InChI is InChI=1S/C24H23FN4O4/c25-18-11-16-17(24(33)29(23(16)32)19-5-6-21(30)27-22(19)31)12-20(18)28-9-7-14(8-10-28)13-1-3-15(26)4-2-13/h1-4,11-12,14,19H,5-10,26H2,(H,27,30,31). The van der Waals surface area contributed by atoms with Gasteiger partial charge in [0.2, 0.25) is 11.8 Å². The lowest BCUT2D eigenvalue weighted by atomic mass is 9.89. The van der Waals surface area contributed by atoms with E-state index in [9.17, 15) is 19.2 Å². The van der Waals surface area contributed by atoms with Crippen molar-refractivity contribution in [1.82, 2.24) is 10.2 Å². The lowest BCUT2D eigenvalue weighted by Crippen LogP contribution is -2.54. The minimum absolute atomic E-state index is 0.0341. The monoisotopic (exact) mass is 450 g/mol. The summed E-state index contributed by atoms with van der Waals surface area (Å²) in [7, 11) is 0. The molecule has 0 aliphatic carbocycles. The fourth-order valence-corrected chi connectivity index (χ4v) is 4.94. The number of anilines is 2. The van der Waals surface area contributed by atoms with E-state index in [1.165, 1.54) is 11.6 Å². The van der Waals surface area contributed by atoms with Crippen LogP contribution < -0.4 is 16.0 Å². The Hall–Kier alpha value is -3.75. The SMILES string of the molecule is Nc1ccc(C2CCN(c3cc4c(cc3F)C(=O)N(C3CCC(=O)NC3=O)C4=O)CC2)cc1. The average Bonchev–Trinajstić information content (AvgIpc) is 3.03. The van der Waals surface area contributed by atoms with Gasteiger partial charge in [-0.25, -0.2) is 4.39 Å². The molecule has 3 N–H and O–H groups in total. The number of nitrogens with two attached hydrogens (primary N) is 1. The van der Waals surface area contributed by atoms with Crippen molar-refractivity contribution in [2.45, 2.75) is 37.6 Å². The summed E-state index contributed by atoms with van der Waals surface area (Å²) >= 11 is 0. The first-order valence-corrected chi connectivity index (χ1v) is 11.0. The molecule has 9 heteroatoms. The lowest BCUT2D eigenvalue weighted by molar-refractivity contribution is -0.136. The van der Waals surface area contributed by atoms with E-state index in [-0.39, 0.29) is 29.7 Å². The normalized spacial score (nSPS) is 21.4. The fraction of sp³-hybridized carbons (Fsp3) is 0.333. The third-order valence-corrected chi connectivity index (χ3v) is 6.75. The molecule has 2 fully saturated rings. The number of halogens is 1. The van der Waals surface area contributed by atoms with Crippen molar-refractivity contribution in [2.75, 3.05) is 23.7 Å². The minimum Gasteiger partial charge on any atom is -0.399 e. The van der Waals surface area contributed by atoms with Crippen molar-refractivity contribution in [2.24, 2.45) is 0 Å². The highest BCUT2D eigenvalue weighted by atomic mass is 19.1. The molecule has 0 bridgehead atoms. The predicted molar refractivity (Wildman–Crippen MR) is 118 cm³/mol. The van der Waals surface area contributed by atoms with E-state index in [2.05, 4.69) is 5.32 Å². The Bertz CT molecular complexity index is 1170. The summed E-state index contributed by atoms with van der Waals surface area (Å²) in [4.78, 5) is 52.3. The van der Waals surface area contributed by atoms with E-state index >= 15 is 4.39 Å². The van der Waals surface area contributed by atoms with Gasteiger partial charge in [0.25, 0.3) is 11.8 Å². The van der Waals surface area contributed by atoms with Crippen LogP contribution in [0.1, 0.15) is 57.9 Å². The zero-order valence-corrected chi connectivity index (χ0v) is 17.8. The molecule has 2 aromatic carbocycles. The number of carbonyl (C=O) groups excluding carboxylic acids is 4. The smallest absolute Gasteiger partial charge is 0.262 e. The topological polar surface area (TPSA) is 113 Å². The molecule has 8 nitrogen and oxygen atoms in total. The summed E-state index contributed by atoms with van der Waals surface area (Å²) < 4.78 is 15.0. The van der Waals surface area contributed by atoms with Gasteiger partial charge in [-0.1, -0.05) is 12.1 Å². The van der Waals surface area contributed by atoms with E-state index in [1.807, 2.05) is 29.2 Å². The van der Waals surface area contributed by atoms with Crippen LogP contribution in [0, 0.1) is 5.82 Å². The molecule has 1 atom stereocenters. The van der Waals surface area contributed by atoms with E-state index in [4.69, 9.17) is 5.73 Å². The van der Waals surface area contributed by atoms with Crippen LogP contribution in [0.25, 0.3) is 0 Å². The second kappa shape index (κ2) is 7.99. The van der Waals surface area contributed by atoms with Crippen LogP contribution in [-0.4, -0.2) is 47.7 Å². The molecular weight excluding hydrogens is 427 g/mol. The summed E-state index contributed by atoms with van der Waals surface area (Å²) in [6, 6.07) is 9.21. The van der Waals surface area contributed by atoms with Crippen molar-refractivity contribution in [3.63, 3.8) is 0 Å². The Balaban J connectivity index is 1.36. The van der Waals surface area contributed by atoms with Gasteiger partial charge in [0, 0.05) is 25.2 Å². The van der Waals surface area contributed by atoms with Gasteiger partial charge < -0.3 is 10.6 Å². The van der Waals surface area contributed by atoms with Gasteiger partial charge in [-0.05, 0) is 55.0 Å². The number of nitrogens with zero attached hydrogens (tertiary/aromatic N) is 2. The van der Waals surface area contributed by atoms with Gasteiger partial charge >= 0.3 is 0 Å². The maximum absolute atomic E-state index is 15.0. The Morgan fingerprint density at radius 2 is 1.55 bits per heavy atom. The summed E-state index contributed by atoms with van der Waals surface area (Å²) in [5, 5.41) is 2.16. The number of hydrogen-bond acceptors (Lipinski definition) is 6. The van der Waals surface area contributed by atoms with Crippen molar-refractivity contribution >= 4 is 35.0 Å². The molecule has 170 valence electrons. The van der Waals surface area contributed by atoms with Crippen molar-refractivity contribution in [3.8, 4) is 0 Å². The number of piperidine rings is 2. The predicted octanol–water partition coefficient (Wildman–Crippen LogP) is 2.19. The molecule has 0 radical (unpaired) electrons. The van der Waals surface area contributed by atoms with E-state index in [0.717, 1.165) is 23.8 Å². The summed E-state index contributed by atoms with van der Waals surface area (Å²) in [6.07, 6.45) is 1.72. The number of hydrogen-bond donors (Lipinski definition) is 2. The van der Waals surface area contributed by atoms with Crippen LogP contribution in [-0.2, 0) is 9.59 Å². The van der Waals surface area contributed by atoms with Gasteiger partial charge in [-0.3, -0.25) is 29.4 Å². The molecular formula is C24H23FN4O4. The molecule has 0 aromatic heterocycles. The third-order valence-electron chi connectivity index (χ3n) is 6.75. The van der Waals surface area contributed by atoms with Crippen LogP contribution in [0.15, 0.2) is 36.4 Å². The molecule has 3 heterocycles. The van der Waals surface area contributed by atoms with Gasteiger partial charge in [0.1, 0.15) is 11.9 Å². The number of amides is 4. The highest BCUT2D eigenvalue weighted by Crippen LogP contribution is 2.36. The molecule has 0 saturated carbocycles. The second-order valence-electron chi connectivity index (χ2n) is 8.72. The highest BCUT2D eigenvalue weighted by molar-refractivity contribution is 6.23. The molecule has 5 rings (SSSR count). The maximum Gasteiger partial charge on any atom is 0.262 e. The summed E-state index contributed by atoms with van der Waals surface area (Å²) in [5.74, 6) is -2.72. The Labute approximate surface area is 189 Å². The number of fused-ring (bicyclic) bond motifs is 1. The van der Waals surface area contributed by atoms with E-state index in [1.54, 1.807) is 0 Å².